The fourth-order valence-corrected chi connectivity index (χ4v) is 4.77. The molecule has 3 aromatic carbocycles. The second-order valence-corrected chi connectivity index (χ2v) is 8.96. The van der Waals surface area contributed by atoms with E-state index in [4.69, 9.17) is 0 Å². The van der Waals surface area contributed by atoms with Crippen molar-refractivity contribution in [1.82, 2.24) is 0 Å². The van der Waals surface area contributed by atoms with Crippen LogP contribution in [0.25, 0.3) is 5.76 Å². The topological polar surface area (TPSA) is 104 Å². The number of ketones is 1. The predicted molar refractivity (Wildman–Crippen MR) is 144 cm³/mol. The summed E-state index contributed by atoms with van der Waals surface area (Å²) in [5.74, 6) is -2.06. The number of nitrogens with zero attached hydrogens (tertiary/aromatic N) is 3. The van der Waals surface area contributed by atoms with Crippen LogP contribution in [0.15, 0.2) is 72.3 Å². The van der Waals surface area contributed by atoms with Gasteiger partial charge >= 0.3 is 0 Å². The molecular weight excluding hydrogens is 470 g/mol. The third-order valence-electron chi connectivity index (χ3n) is 6.95. The minimum absolute atomic E-state index is 0.0953. The molecule has 37 heavy (non-hydrogen) atoms. The monoisotopic (exact) mass is 499 g/mol. The lowest BCUT2D eigenvalue weighted by molar-refractivity contribution is -0.384. The summed E-state index contributed by atoms with van der Waals surface area (Å²) in [6, 6.07) is 17.6. The number of amides is 1. The van der Waals surface area contributed by atoms with Crippen LogP contribution < -0.4 is 9.80 Å². The highest BCUT2D eigenvalue weighted by molar-refractivity contribution is 6.51. The fourth-order valence-electron chi connectivity index (χ4n) is 4.77. The molecule has 0 saturated carbocycles. The maximum atomic E-state index is 13.5. The Bertz CT molecular complexity index is 1410. The van der Waals surface area contributed by atoms with Gasteiger partial charge in [-0.05, 0) is 62.6 Å². The molecule has 8 heteroatoms. The number of carbonyl (C=O) groups excluding carboxylic acids is 2. The van der Waals surface area contributed by atoms with Crippen LogP contribution in [0.4, 0.5) is 17.1 Å². The number of hydrogen-bond acceptors (Lipinski definition) is 6. The molecule has 8 nitrogen and oxygen atoms in total. The number of rotatable bonds is 7. The Hall–Kier alpha value is -4.46. The van der Waals surface area contributed by atoms with Crippen LogP contribution in [-0.4, -0.2) is 34.8 Å². The van der Waals surface area contributed by atoms with Gasteiger partial charge in [-0.15, -0.1) is 0 Å². The standard InChI is InChI=1S/C29H29N3O5/c1-5-30(6-2)22-15-13-20(14-16-22)26-25(27(33)21-10-8-11-23(17-21)32(36)37)28(34)29(35)31(26)24-12-7-9-18(3)19(24)4/h7-17,26,33H,5-6H2,1-4H3/b27-25+. The van der Waals surface area contributed by atoms with Gasteiger partial charge < -0.3 is 10.0 Å². The molecule has 1 amide bonds. The van der Waals surface area contributed by atoms with Crippen LogP contribution >= 0.6 is 0 Å². The van der Waals surface area contributed by atoms with Gasteiger partial charge in [0.05, 0.1) is 16.5 Å². The average molecular weight is 500 g/mol. The number of nitro groups is 1. The summed E-state index contributed by atoms with van der Waals surface area (Å²) in [6.45, 7) is 9.57. The number of hydrogen-bond donors (Lipinski definition) is 1. The van der Waals surface area contributed by atoms with E-state index in [0.29, 0.717) is 11.3 Å². The third-order valence-corrected chi connectivity index (χ3v) is 6.95. The van der Waals surface area contributed by atoms with Gasteiger partial charge in [0.15, 0.2) is 0 Å². The van der Waals surface area contributed by atoms with Gasteiger partial charge in [0.25, 0.3) is 17.4 Å². The van der Waals surface area contributed by atoms with Crippen molar-refractivity contribution in [3.63, 3.8) is 0 Å². The second-order valence-electron chi connectivity index (χ2n) is 8.96. The van der Waals surface area contributed by atoms with Crippen LogP contribution in [0.3, 0.4) is 0 Å². The molecule has 190 valence electrons. The molecule has 0 aliphatic carbocycles. The highest BCUT2D eigenvalue weighted by Gasteiger charge is 2.47. The van der Waals surface area contributed by atoms with Crippen molar-refractivity contribution in [1.29, 1.82) is 0 Å². The van der Waals surface area contributed by atoms with Crippen LogP contribution in [0, 0.1) is 24.0 Å². The van der Waals surface area contributed by atoms with E-state index in [2.05, 4.69) is 18.7 Å². The minimum atomic E-state index is -0.912. The Morgan fingerprint density at radius 1 is 1.00 bits per heavy atom. The third kappa shape index (κ3) is 4.58. The number of non-ortho nitro benzene ring substituents is 1. The van der Waals surface area contributed by atoms with Crippen molar-refractivity contribution >= 4 is 34.5 Å². The Balaban J connectivity index is 1.95. The molecule has 1 unspecified atom stereocenters. The lowest BCUT2D eigenvalue weighted by Crippen LogP contribution is -2.30. The van der Waals surface area contributed by atoms with Crippen LogP contribution in [0.5, 0.6) is 0 Å². The van der Waals surface area contributed by atoms with E-state index in [1.165, 1.54) is 29.2 Å². The predicted octanol–water partition coefficient (Wildman–Crippen LogP) is 5.68. The molecule has 1 N–H and O–H groups in total. The first-order valence-corrected chi connectivity index (χ1v) is 12.2. The first-order valence-electron chi connectivity index (χ1n) is 12.2. The van der Waals surface area contributed by atoms with Gasteiger partial charge in [0, 0.05) is 42.2 Å². The lowest BCUT2D eigenvalue weighted by atomic mass is 9.94. The van der Waals surface area contributed by atoms with E-state index >= 15 is 0 Å². The molecule has 0 spiro atoms. The number of aryl methyl sites for hydroxylation is 1. The lowest BCUT2D eigenvalue weighted by Gasteiger charge is -2.28. The maximum absolute atomic E-state index is 13.5. The van der Waals surface area contributed by atoms with Crippen LogP contribution in [0.1, 0.15) is 42.1 Å². The van der Waals surface area contributed by atoms with E-state index in [0.717, 1.165) is 29.9 Å². The molecule has 1 aliphatic heterocycles. The summed E-state index contributed by atoms with van der Waals surface area (Å²) in [4.78, 5) is 41.2. The quantitative estimate of drug-likeness (QED) is 0.147. The van der Waals surface area contributed by atoms with E-state index < -0.39 is 28.4 Å². The van der Waals surface area contributed by atoms with E-state index in [9.17, 15) is 24.8 Å². The summed E-state index contributed by atoms with van der Waals surface area (Å²) in [5, 5.41) is 22.6. The SMILES string of the molecule is CCN(CC)c1ccc(C2/C(=C(\O)c3cccc([N+](=O)[O-])c3)C(=O)C(=O)N2c2cccc(C)c2C)cc1. The number of nitro benzene ring substituents is 1. The van der Waals surface area contributed by atoms with Crippen molar-refractivity contribution < 1.29 is 19.6 Å². The summed E-state index contributed by atoms with van der Waals surface area (Å²) >= 11 is 0. The van der Waals surface area contributed by atoms with Gasteiger partial charge in [0.2, 0.25) is 0 Å². The Morgan fingerprint density at radius 2 is 1.65 bits per heavy atom. The zero-order chi connectivity index (χ0) is 26.9. The van der Waals surface area contributed by atoms with E-state index in [-0.39, 0.29) is 16.8 Å². The summed E-state index contributed by atoms with van der Waals surface area (Å²) in [7, 11) is 0. The number of Topliss-reactive ketones (excluding diaryl/α,β-unsaturated/α-hetero) is 1. The summed E-state index contributed by atoms with van der Waals surface area (Å²) in [6.07, 6.45) is 0. The minimum Gasteiger partial charge on any atom is -0.507 e. The largest absolute Gasteiger partial charge is 0.507 e. The smallest absolute Gasteiger partial charge is 0.300 e. The van der Waals surface area contributed by atoms with Crippen molar-refractivity contribution in [2.24, 2.45) is 0 Å². The molecule has 1 aliphatic rings. The number of aliphatic hydroxyl groups excluding tert-OH is 1. The fraction of sp³-hybridized carbons (Fsp3) is 0.241. The zero-order valence-corrected chi connectivity index (χ0v) is 21.3. The number of carbonyl (C=O) groups is 2. The highest BCUT2D eigenvalue weighted by Crippen LogP contribution is 2.44. The van der Waals surface area contributed by atoms with Gasteiger partial charge in [-0.2, -0.15) is 0 Å². The molecular formula is C29H29N3O5. The van der Waals surface area contributed by atoms with Gasteiger partial charge in [-0.1, -0.05) is 36.4 Å². The van der Waals surface area contributed by atoms with E-state index in [1.807, 2.05) is 50.2 Å². The maximum Gasteiger partial charge on any atom is 0.300 e. The number of aliphatic hydroxyl groups is 1. The van der Waals surface area contributed by atoms with Crippen LogP contribution in [-0.2, 0) is 9.59 Å². The first kappa shape index (κ1) is 25.6. The Kier molecular flexibility index (Phi) is 7.11. The second kappa shape index (κ2) is 10.3. The van der Waals surface area contributed by atoms with Gasteiger partial charge in [-0.3, -0.25) is 24.6 Å². The summed E-state index contributed by atoms with van der Waals surface area (Å²) in [5.41, 5.74) is 3.75. The molecule has 0 aromatic heterocycles. The Labute approximate surface area is 215 Å². The molecule has 1 atom stereocenters. The molecule has 1 fully saturated rings. The van der Waals surface area contributed by atoms with Crippen molar-refractivity contribution in [2.75, 3.05) is 22.9 Å². The molecule has 0 radical (unpaired) electrons. The molecule has 1 saturated heterocycles. The number of anilines is 2. The van der Waals surface area contributed by atoms with Gasteiger partial charge in [-0.25, -0.2) is 0 Å². The summed E-state index contributed by atoms with van der Waals surface area (Å²) < 4.78 is 0. The highest BCUT2D eigenvalue weighted by atomic mass is 16.6. The zero-order valence-electron chi connectivity index (χ0n) is 21.3. The number of benzene rings is 3. The molecule has 4 rings (SSSR count). The molecule has 1 heterocycles. The van der Waals surface area contributed by atoms with Crippen molar-refractivity contribution in [2.45, 2.75) is 33.7 Å². The molecule has 3 aromatic rings. The Morgan fingerprint density at radius 3 is 2.27 bits per heavy atom. The average Bonchev–Trinajstić information content (AvgIpc) is 3.16. The van der Waals surface area contributed by atoms with Crippen LogP contribution in [0.2, 0.25) is 0 Å². The normalized spacial score (nSPS) is 16.8. The van der Waals surface area contributed by atoms with Gasteiger partial charge in [0.1, 0.15) is 5.76 Å². The van der Waals surface area contributed by atoms with Crippen molar-refractivity contribution in [3.8, 4) is 0 Å². The molecule has 0 bridgehead atoms. The van der Waals surface area contributed by atoms with Crippen molar-refractivity contribution in [3.05, 3.63) is 105 Å². The first-order chi connectivity index (χ1) is 17.7. The van der Waals surface area contributed by atoms with E-state index in [1.54, 1.807) is 6.07 Å².